The molecule has 2 aliphatic rings. The number of nitrogens with one attached hydrogen (secondary N) is 1. The number of carboxylic acids is 1. The number of alkyl halides is 3. The Labute approximate surface area is 91.0 Å². The van der Waals surface area contributed by atoms with E-state index in [-0.39, 0.29) is 18.9 Å². The van der Waals surface area contributed by atoms with Gasteiger partial charge in [0.15, 0.2) is 0 Å². The highest BCUT2D eigenvalue weighted by Gasteiger charge is 2.52. The van der Waals surface area contributed by atoms with Gasteiger partial charge in [-0.15, -0.1) is 0 Å². The van der Waals surface area contributed by atoms with Gasteiger partial charge in [0.2, 0.25) is 0 Å². The molecule has 92 valence electrons. The molecule has 0 bridgehead atoms. The lowest BCUT2D eigenvalue weighted by Crippen LogP contribution is -2.42. The van der Waals surface area contributed by atoms with E-state index in [1.807, 2.05) is 0 Å². The molecule has 0 aromatic heterocycles. The molecule has 3 nitrogen and oxygen atoms in total. The van der Waals surface area contributed by atoms with Gasteiger partial charge in [0.05, 0.1) is 5.92 Å². The highest BCUT2D eigenvalue weighted by molar-refractivity contribution is 5.74. The SMILES string of the molecule is O=C(O)C1CC2C(CCCC2C(F)(F)F)N1. The van der Waals surface area contributed by atoms with Crippen molar-refractivity contribution in [2.24, 2.45) is 11.8 Å². The molecule has 0 amide bonds. The van der Waals surface area contributed by atoms with Crippen LogP contribution in [0.3, 0.4) is 0 Å². The number of hydrogen-bond donors (Lipinski definition) is 2. The van der Waals surface area contributed by atoms with E-state index < -0.39 is 30.0 Å². The molecule has 1 saturated carbocycles. The summed E-state index contributed by atoms with van der Waals surface area (Å²) in [6, 6.07) is -1.08. The van der Waals surface area contributed by atoms with Crippen molar-refractivity contribution in [2.75, 3.05) is 0 Å². The number of aliphatic carboxylic acids is 1. The first kappa shape index (κ1) is 11.7. The minimum absolute atomic E-state index is 0.101. The fourth-order valence-corrected chi connectivity index (χ4v) is 2.98. The molecule has 1 aliphatic heterocycles. The Morgan fingerprint density at radius 2 is 2.00 bits per heavy atom. The Hall–Kier alpha value is -0.780. The molecule has 4 atom stereocenters. The van der Waals surface area contributed by atoms with Gasteiger partial charge >= 0.3 is 12.1 Å². The first-order chi connectivity index (χ1) is 7.39. The van der Waals surface area contributed by atoms with Gasteiger partial charge < -0.3 is 10.4 Å². The molecule has 6 heteroatoms. The third-order valence-electron chi connectivity index (χ3n) is 3.71. The molecule has 0 aromatic rings. The quantitative estimate of drug-likeness (QED) is 0.730. The maximum absolute atomic E-state index is 12.7. The van der Waals surface area contributed by atoms with Crippen molar-refractivity contribution in [2.45, 2.75) is 43.9 Å². The second-order valence-corrected chi connectivity index (χ2v) is 4.64. The normalized spacial score (nSPS) is 39.4. The second kappa shape index (κ2) is 3.91. The van der Waals surface area contributed by atoms with E-state index in [9.17, 15) is 18.0 Å². The Morgan fingerprint density at radius 3 is 2.56 bits per heavy atom. The summed E-state index contributed by atoms with van der Waals surface area (Å²) in [4.78, 5) is 10.8. The summed E-state index contributed by atoms with van der Waals surface area (Å²) in [6.07, 6.45) is -2.78. The first-order valence-corrected chi connectivity index (χ1v) is 5.45. The Morgan fingerprint density at radius 1 is 1.31 bits per heavy atom. The number of carboxylic acid groups (broad SMARTS) is 1. The second-order valence-electron chi connectivity index (χ2n) is 4.64. The minimum atomic E-state index is -4.20. The van der Waals surface area contributed by atoms with Crippen LogP contribution < -0.4 is 5.32 Å². The number of fused-ring (bicyclic) bond motifs is 1. The van der Waals surface area contributed by atoms with E-state index in [4.69, 9.17) is 5.11 Å². The van der Waals surface area contributed by atoms with Crippen molar-refractivity contribution in [3.8, 4) is 0 Å². The van der Waals surface area contributed by atoms with E-state index in [2.05, 4.69) is 5.32 Å². The van der Waals surface area contributed by atoms with Crippen LogP contribution >= 0.6 is 0 Å². The lowest BCUT2D eigenvalue weighted by molar-refractivity contribution is -0.196. The fourth-order valence-electron chi connectivity index (χ4n) is 2.98. The lowest BCUT2D eigenvalue weighted by Gasteiger charge is -2.34. The average Bonchev–Trinajstić information content (AvgIpc) is 2.58. The topological polar surface area (TPSA) is 49.3 Å². The van der Waals surface area contributed by atoms with E-state index in [0.29, 0.717) is 12.8 Å². The Kier molecular flexibility index (Phi) is 2.86. The Balaban J connectivity index is 2.12. The largest absolute Gasteiger partial charge is 0.480 e. The predicted molar refractivity (Wildman–Crippen MR) is 49.9 cm³/mol. The number of rotatable bonds is 1. The van der Waals surface area contributed by atoms with Crippen LogP contribution in [-0.4, -0.2) is 29.3 Å². The van der Waals surface area contributed by atoms with Crippen LogP contribution in [0.4, 0.5) is 13.2 Å². The zero-order valence-electron chi connectivity index (χ0n) is 8.63. The molecular formula is C10H14F3NO2. The number of hydrogen-bond acceptors (Lipinski definition) is 2. The summed E-state index contributed by atoms with van der Waals surface area (Å²) in [7, 11) is 0. The van der Waals surface area contributed by atoms with Crippen LogP contribution in [0.25, 0.3) is 0 Å². The summed E-state index contributed by atoms with van der Waals surface area (Å²) in [6.45, 7) is 0. The third-order valence-corrected chi connectivity index (χ3v) is 3.71. The summed E-state index contributed by atoms with van der Waals surface area (Å²) in [5, 5.41) is 11.6. The van der Waals surface area contributed by atoms with Crippen LogP contribution in [0.15, 0.2) is 0 Å². The van der Waals surface area contributed by atoms with E-state index in [1.54, 1.807) is 0 Å². The van der Waals surface area contributed by atoms with Gasteiger partial charge in [-0.1, -0.05) is 6.42 Å². The van der Waals surface area contributed by atoms with Gasteiger partial charge in [0.1, 0.15) is 6.04 Å². The molecule has 1 heterocycles. The molecule has 1 saturated heterocycles. The number of carbonyl (C=O) groups is 1. The average molecular weight is 237 g/mol. The zero-order valence-corrected chi connectivity index (χ0v) is 8.63. The highest BCUT2D eigenvalue weighted by atomic mass is 19.4. The smallest absolute Gasteiger partial charge is 0.392 e. The van der Waals surface area contributed by atoms with Gasteiger partial charge in [-0.3, -0.25) is 4.79 Å². The summed E-state index contributed by atoms with van der Waals surface area (Å²) in [5.74, 6) is -2.94. The molecule has 1 aliphatic carbocycles. The van der Waals surface area contributed by atoms with Crippen LogP contribution in [-0.2, 0) is 4.79 Å². The molecular weight excluding hydrogens is 223 g/mol. The monoisotopic (exact) mass is 237 g/mol. The molecule has 2 rings (SSSR count). The van der Waals surface area contributed by atoms with E-state index >= 15 is 0 Å². The van der Waals surface area contributed by atoms with Crippen molar-refractivity contribution >= 4 is 5.97 Å². The van der Waals surface area contributed by atoms with Crippen molar-refractivity contribution in [1.29, 1.82) is 0 Å². The van der Waals surface area contributed by atoms with Gasteiger partial charge in [0, 0.05) is 6.04 Å². The molecule has 16 heavy (non-hydrogen) atoms. The van der Waals surface area contributed by atoms with Crippen molar-refractivity contribution in [1.82, 2.24) is 5.32 Å². The summed E-state index contributed by atoms with van der Waals surface area (Å²) < 4.78 is 38.2. The maximum atomic E-state index is 12.7. The van der Waals surface area contributed by atoms with Gasteiger partial charge in [0.25, 0.3) is 0 Å². The zero-order chi connectivity index (χ0) is 11.9. The predicted octanol–water partition coefficient (Wildman–Crippen LogP) is 1.78. The fraction of sp³-hybridized carbons (Fsp3) is 0.900. The van der Waals surface area contributed by atoms with Crippen LogP contribution in [0.1, 0.15) is 25.7 Å². The lowest BCUT2D eigenvalue weighted by atomic mass is 9.75. The van der Waals surface area contributed by atoms with Gasteiger partial charge in [-0.05, 0) is 25.2 Å². The standard InChI is InChI=1S/C10H14F3NO2/c11-10(12,13)6-2-1-3-7-5(6)4-8(14-7)9(15)16/h5-8,14H,1-4H2,(H,15,16). The van der Waals surface area contributed by atoms with Gasteiger partial charge in [-0.25, -0.2) is 0 Å². The molecule has 2 fully saturated rings. The molecule has 2 N–H and O–H groups in total. The third kappa shape index (κ3) is 2.03. The van der Waals surface area contributed by atoms with Crippen LogP contribution in [0, 0.1) is 11.8 Å². The summed E-state index contributed by atoms with van der Waals surface area (Å²) >= 11 is 0. The van der Waals surface area contributed by atoms with E-state index in [0.717, 1.165) is 0 Å². The Bertz CT molecular complexity index is 292. The first-order valence-electron chi connectivity index (χ1n) is 5.45. The van der Waals surface area contributed by atoms with Crippen LogP contribution in [0.5, 0.6) is 0 Å². The molecule has 0 radical (unpaired) electrons. The summed E-state index contributed by atoms with van der Waals surface area (Å²) in [5.41, 5.74) is 0. The van der Waals surface area contributed by atoms with Gasteiger partial charge in [-0.2, -0.15) is 13.2 Å². The highest BCUT2D eigenvalue weighted by Crippen LogP contribution is 2.45. The van der Waals surface area contributed by atoms with Crippen molar-refractivity contribution in [3.05, 3.63) is 0 Å². The van der Waals surface area contributed by atoms with E-state index in [1.165, 1.54) is 0 Å². The number of halogens is 3. The molecule has 4 unspecified atom stereocenters. The van der Waals surface area contributed by atoms with Crippen molar-refractivity contribution in [3.63, 3.8) is 0 Å². The minimum Gasteiger partial charge on any atom is -0.480 e. The van der Waals surface area contributed by atoms with Crippen LogP contribution in [0.2, 0.25) is 0 Å². The maximum Gasteiger partial charge on any atom is 0.392 e. The van der Waals surface area contributed by atoms with Crippen molar-refractivity contribution < 1.29 is 23.1 Å². The molecule has 0 aromatic carbocycles. The molecule has 0 spiro atoms.